The maximum atomic E-state index is 13.9. The number of aromatic amines is 1. The number of nitrogens with one attached hydrogen (secondary N) is 1. The first-order valence-corrected chi connectivity index (χ1v) is 13.2. The molecule has 3 heterocycles. The van der Waals surface area contributed by atoms with Crippen LogP contribution in [0.2, 0.25) is 0 Å². The van der Waals surface area contributed by atoms with E-state index in [9.17, 15) is 4.79 Å². The first kappa shape index (κ1) is 25.3. The summed E-state index contributed by atoms with van der Waals surface area (Å²) in [6.07, 6.45) is 6.48. The molecule has 0 aliphatic rings. The molecule has 0 aliphatic heterocycles. The average Bonchev–Trinajstić information content (AvgIpc) is 3.58. The van der Waals surface area contributed by atoms with E-state index in [2.05, 4.69) is 83.6 Å². The molecule has 0 radical (unpaired) electrons. The van der Waals surface area contributed by atoms with Gasteiger partial charge in [-0.3, -0.25) is 14.1 Å². The van der Waals surface area contributed by atoms with E-state index in [1.165, 1.54) is 11.1 Å². The molecule has 2 aromatic carbocycles. The Hall–Kier alpha value is -4.33. The van der Waals surface area contributed by atoms with Crippen LogP contribution in [0, 0.1) is 0 Å². The van der Waals surface area contributed by atoms with Gasteiger partial charge in [0.15, 0.2) is 0 Å². The van der Waals surface area contributed by atoms with Gasteiger partial charge in [-0.15, -0.1) is 10.2 Å². The van der Waals surface area contributed by atoms with Crippen LogP contribution in [0.3, 0.4) is 0 Å². The summed E-state index contributed by atoms with van der Waals surface area (Å²) in [5.74, 6) is 0.820. The van der Waals surface area contributed by atoms with E-state index in [4.69, 9.17) is 0 Å². The van der Waals surface area contributed by atoms with E-state index >= 15 is 0 Å². The third kappa shape index (κ3) is 4.81. The smallest absolute Gasteiger partial charge is 0.292 e. The van der Waals surface area contributed by atoms with Crippen LogP contribution in [0.25, 0.3) is 28.3 Å². The summed E-state index contributed by atoms with van der Waals surface area (Å²) in [5.41, 5.74) is 8.07. The zero-order valence-corrected chi connectivity index (χ0v) is 22.3. The van der Waals surface area contributed by atoms with Crippen molar-refractivity contribution in [3.8, 4) is 28.3 Å². The highest BCUT2D eigenvalue weighted by Gasteiger charge is 2.19. The van der Waals surface area contributed by atoms with Gasteiger partial charge in [-0.1, -0.05) is 76.6 Å². The summed E-state index contributed by atoms with van der Waals surface area (Å²) in [7, 11) is 0. The van der Waals surface area contributed by atoms with Crippen molar-refractivity contribution in [1.29, 1.82) is 0 Å². The summed E-state index contributed by atoms with van der Waals surface area (Å²) in [6.45, 7) is 9.16. The van der Waals surface area contributed by atoms with Crippen molar-refractivity contribution in [3.63, 3.8) is 0 Å². The highest BCUT2D eigenvalue weighted by Crippen LogP contribution is 2.29. The van der Waals surface area contributed by atoms with Crippen LogP contribution < -0.4 is 5.69 Å². The molecular weight excluding hydrogens is 474 g/mol. The van der Waals surface area contributed by atoms with Gasteiger partial charge in [0, 0.05) is 29.2 Å². The van der Waals surface area contributed by atoms with E-state index in [0.29, 0.717) is 18.3 Å². The number of rotatable bonds is 9. The molecule has 0 unspecified atom stereocenters. The topological polar surface area (TPSA) is 94.3 Å². The van der Waals surface area contributed by atoms with E-state index in [1.807, 2.05) is 39.6 Å². The van der Waals surface area contributed by atoms with Gasteiger partial charge in [-0.2, -0.15) is 5.21 Å². The minimum Gasteiger partial charge on any atom is -0.292 e. The van der Waals surface area contributed by atoms with Crippen LogP contribution in [-0.2, 0) is 19.4 Å². The number of para-hydroxylation sites is 1. The van der Waals surface area contributed by atoms with Crippen molar-refractivity contribution < 1.29 is 0 Å². The van der Waals surface area contributed by atoms with Gasteiger partial charge in [-0.25, -0.2) is 4.79 Å². The van der Waals surface area contributed by atoms with Crippen LogP contribution in [0.1, 0.15) is 62.4 Å². The van der Waals surface area contributed by atoms with Crippen molar-refractivity contribution in [3.05, 3.63) is 99.9 Å². The Kier molecular flexibility index (Phi) is 7.31. The largest absolute Gasteiger partial charge is 0.333 e. The van der Waals surface area contributed by atoms with E-state index in [0.717, 1.165) is 53.0 Å². The molecule has 5 aromatic rings. The Morgan fingerprint density at radius 3 is 2.50 bits per heavy atom. The fourth-order valence-electron chi connectivity index (χ4n) is 5.01. The average molecular weight is 508 g/mol. The summed E-state index contributed by atoms with van der Waals surface area (Å²) in [4.78, 5) is 18.4. The Balaban J connectivity index is 1.52. The van der Waals surface area contributed by atoms with Gasteiger partial charge in [0.05, 0.1) is 17.9 Å². The maximum Gasteiger partial charge on any atom is 0.333 e. The minimum atomic E-state index is 0.00412. The molecule has 0 spiro atoms. The zero-order chi connectivity index (χ0) is 26.6. The predicted octanol–water partition coefficient (Wildman–Crippen LogP) is 5.57. The maximum absolute atomic E-state index is 13.9. The fourth-order valence-corrected chi connectivity index (χ4v) is 5.01. The third-order valence-electron chi connectivity index (χ3n) is 6.92. The van der Waals surface area contributed by atoms with Crippen LogP contribution >= 0.6 is 0 Å². The number of aryl methyl sites for hydroxylation is 2. The predicted molar refractivity (Wildman–Crippen MR) is 149 cm³/mol. The third-order valence-corrected chi connectivity index (χ3v) is 6.92. The molecule has 194 valence electrons. The molecular formula is C30H33N7O. The number of aromatic nitrogens is 7. The molecule has 0 saturated heterocycles. The monoisotopic (exact) mass is 507 g/mol. The molecule has 0 fully saturated rings. The molecule has 5 rings (SSSR count). The van der Waals surface area contributed by atoms with Crippen molar-refractivity contribution in [2.24, 2.45) is 0 Å². The second-order valence-electron chi connectivity index (χ2n) is 9.80. The lowest BCUT2D eigenvalue weighted by Gasteiger charge is -2.16. The van der Waals surface area contributed by atoms with Crippen LogP contribution in [0.5, 0.6) is 0 Å². The normalized spacial score (nSPS) is 11.4. The highest BCUT2D eigenvalue weighted by molar-refractivity contribution is 5.76. The Morgan fingerprint density at radius 2 is 1.82 bits per heavy atom. The van der Waals surface area contributed by atoms with Gasteiger partial charge < -0.3 is 0 Å². The van der Waals surface area contributed by atoms with E-state index in [1.54, 1.807) is 6.20 Å². The second kappa shape index (κ2) is 11.0. The van der Waals surface area contributed by atoms with Gasteiger partial charge >= 0.3 is 5.69 Å². The molecule has 0 bridgehead atoms. The Morgan fingerprint density at radius 1 is 1.00 bits per heavy atom. The van der Waals surface area contributed by atoms with Crippen molar-refractivity contribution in [2.45, 2.75) is 59.4 Å². The Bertz CT molecular complexity index is 1580. The minimum absolute atomic E-state index is 0.00412. The van der Waals surface area contributed by atoms with Crippen LogP contribution in [-0.4, -0.2) is 34.7 Å². The molecule has 38 heavy (non-hydrogen) atoms. The van der Waals surface area contributed by atoms with Crippen LogP contribution in [0.15, 0.2) is 71.8 Å². The fraction of sp³-hybridized carbons (Fsp3) is 0.300. The van der Waals surface area contributed by atoms with Gasteiger partial charge in [0.25, 0.3) is 0 Å². The number of hydrogen-bond donors (Lipinski definition) is 1. The summed E-state index contributed by atoms with van der Waals surface area (Å²) < 4.78 is 3.79. The van der Waals surface area contributed by atoms with Gasteiger partial charge in [-0.05, 0) is 52.8 Å². The molecule has 3 aromatic heterocycles. The summed E-state index contributed by atoms with van der Waals surface area (Å²) >= 11 is 0. The van der Waals surface area contributed by atoms with E-state index in [-0.39, 0.29) is 5.69 Å². The van der Waals surface area contributed by atoms with Crippen molar-refractivity contribution >= 4 is 0 Å². The molecule has 8 nitrogen and oxygen atoms in total. The van der Waals surface area contributed by atoms with E-state index < -0.39 is 0 Å². The number of hydrogen-bond acceptors (Lipinski definition) is 5. The number of benzene rings is 2. The quantitative estimate of drug-likeness (QED) is 0.282. The van der Waals surface area contributed by atoms with Gasteiger partial charge in [0.2, 0.25) is 5.82 Å². The standard InChI is InChI=1S/C30H33N7O/c1-5-9-24-19-37(28-22(6-2)10-7-11-25(28)20(3)4)30(38)36(24)18-21-13-15-23(16-14-21)27-26(12-8-17-31-27)29-32-34-35-33-29/h7-8,10-17,19-20H,5-6,9,18H2,1-4H3,(H,32,33,34,35). The lowest BCUT2D eigenvalue weighted by Crippen LogP contribution is -2.26. The molecule has 8 heteroatoms. The molecule has 0 amide bonds. The lowest BCUT2D eigenvalue weighted by atomic mass is 9.96. The summed E-state index contributed by atoms with van der Waals surface area (Å²) in [5, 5.41) is 14.4. The van der Waals surface area contributed by atoms with Crippen molar-refractivity contribution in [1.82, 2.24) is 34.7 Å². The summed E-state index contributed by atoms with van der Waals surface area (Å²) in [6, 6.07) is 18.3. The van der Waals surface area contributed by atoms with Crippen molar-refractivity contribution in [2.75, 3.05) is 0 Å². The highest BCUT2D eigenvalue weighted by atomic mass is 16.1. The SMILES string of the molecule is CCCc1cn(-c2c(CC)cccc2C(C)C)c(=O)n1Cc1ccc(-c2ncccc2-c2nn[nH]n2)cc1. The first-order chi connectivity index (χ1) is 18.5. The number of pyridine rings is 1. The molecule has 1 N–H and O–H groups in total. The second-order valence-corrected chi connectivity index (χ2v) is 9.80. The first-order valence-electron chi connectivity index (χ1n) is 13.2. The molecule has 0 saturated carbocycles. The molecule has 0 aliphatic carbocycles. The number of tetrazole rings is 1. The van der Waals surface area contributed by atoms with Crippen LogP contribution in [0.4, 0.5) is 0 Å². The molecule has 0 atom stereocenters. The zero-order valence-electron chi connectivity index (χ0n) is 22.3. The number of imidazole rings is 1. The number of H-pyrrole nitrogens is 1. The Labute approximate surface area is 222 Å². The van der Waals surface area contributed by atoms with Gasteiger partial charge in [0.1, 0.15) is 0 Å². The lowest BCUT2D eigenvalue weighted by molar-refractivity contribution is 0.689. The number of nitrogens with zero attached hydrogens (tertiary/aromatic N) is 6.